The molecule has 0 atom stereocenters. The molecule has 0 fully saturated rings. The highest BCUT2D eigenvalue weighted by Gasteiger charge is 2.38. The highest BCUT2D eigenvalue weighted by molar-refractivity contribution is 7.49. The second-order valence-corrected chi connectivity index (χ2v) is 14.5. The van der Waals surface area contributed by atoms with Crippen molar-refractivity contribution in [1.82, 2.24) is 0 Å². The van der Waals surface area contributed by atoms with E-state index in [2.05, 4.69) is 96.1 Å². The predicted octanol–water partition coefficient (Wildman–Crippen LogP) is 13.4. The summed E-state index contributed by atoms with van der Waals surface area (Å²) in [5.41, 5.74) is 6.44. The van der Waals surface area contributed by atoms with E-state index in [-0.39, 0.29) is 0 Å². The van der Waals surface area contributed by atoms with E-state index in [4.69, 9.17) is 13.6 Å². The molecule has 0 aliphatic heterocycles. The van der Waals surface area contributed by atoms with E-state index in [9.17, 15) is 0 Å². The van der Waals surface area contributed by atoms with Gasteiger partial charge in [-0.25, -0.2) is 0 Å². The Morgan fingerprint density at radius 2 is 0.574 bits per heavy atom. The minimum absolute atomic E-state index is 0.681. The Morgan fingerprint density at radius 3 is 0.745 bits per heavy atom. The molecule has 0 aliphatic carbocycles. The normalized spacial score (nSPS) is 11.5. The van der Waals surface area contributed by atoms with Crippen LogP contribution in [0.1, 0.15) is 152 Å². The first kappa shape index (κ1) is 38.7. The number of aryl methyl sites for hydroxylation is 6. The smallest absolute Gasteiger partial charge is 0.385 e. The molecule has 3 aromatic carbocycles. The van der Waals surface area contributed by atoms with E-state index in [1.807, 2.05) is 0 Å². The number of benzene rings is 3. The van der Waals surface area contributed by atoms with Crippen LogP contribution in [-0.2, 0) is 43.1 Å². The van der Waals surface area contributed by atoms with Gasteiger partial charge in [0, 0.05) is 0 Å². The number of phosphoric ester groups is 1. The van der Waals surface area contributed by atoms with Crippen molar-refractivity contribution in [2.45, 2.75) is 157 Å². The number of hydrogen-bond donors (Lipinski definition) is 0. The average molecular weight is 663 g/mol. The van der Waals surface area contributed by atoms with E-state index in [0.717, 1.165) is 149 Å². The molecule has 260 valence electrons. The van der Waals surface area contributed by atoms with Crippen molar-refractivity contribution in [2.75, 3.05) is 0 Å². The zero-order valence-electron chi connectivity index (χ0n) is 30.5. The van der Waals surface area contributed by atoms with Gasteiger partial charge in [0.1, 0.15) is 17.2 Å². The monoisotopic (exact) mass is 662 g/mol. The van der Waals surface area contributed by atoms with Crippen LogP contribution in [0.3, 0.4) is 0 Å². The molecule has 0 spiro atoms. The van der Waals surface area contributed by atoms with Crippen molar-refractivity contribution >= 4 is 7.82 Å². The maximum absolute atomic E-state index is 15.6. The van der Waals surface area contributed by atoms with Crippen LogP contribution < -0.4 is 13.6 Å². The minimum atomic E-state index is -4.24. The van der Waals surface area contributed by atoms with E-state index < -0.39 is 7.82 Å². The van der Waals surface area contributed by atoms with Crippen LogP contribution in [-0.4, -0.2) is 0 Å². The number of hydrogen-bond acceptors (Lipinski definition) is 4. The molecule has 0 saturated carbocycles. The van der Waals surface area contributed by atoms with Crippen molar-refractivity contribution < 1.29 is 18.1 Å². The number of phosphoric acid groups is 1. The van der Waals surface area contributed by atoms with E-state index in [1.165, 1.54) is 0 Å². The highest BCUT2D eigenvalue weighted by Crippen LogP contribution is 2.54. The summed E-state index contributed by atoms with van der Waals surface area (Å²) < 4.78 is 36.1. The van der Waals surface area contributed by atoms with Gasteiger partial charge >= 0.3 is 7.82 Å². The van der Waals surface area contributed by atoms with Crippen molar-refractivity contribution in [2.24, 2.45) is 0 Å². The van der Waals surface area contributed by atoms with Crippen LogP contribution in [0.15, 0.2) is 54.6 Å². The lowest BCUT2D eigenvalue weighted by Crippen LogP contribution is -2.14. The summed E-state index contributed by atoms with van der Waals surface area (Å²) in [5, 5.41) is 0. The fourth-order valence-corrected chi connectivity index (χ4v) is 7.53. The largest absolute Gasteiger partial charge is 0.647 e. The summed E-state index contributed by atoms with van der Waals surface area (Å²) in [5.74, 6) is 2.04. The van der Waals surface area contributed by atoms with Crippen LogP contribution in [0.5, 0.6) is 17.2 Å². The number of rotatable bonds is 24. The predicted molar refractivity (Wildman–Crippen MR) is 200 cm³/mol. The van der Waals surface area contributed by atoms with Gasteiger partial charge in [0.25, 0.3) is 0 Å². The summed E-state index contributed by atoms with van der Waals surface area (Å²) in [6.45, 7) is 13.2. The van der Waals surface area contributed by atoms with Crippen LogP contribution in [0.4, 0.5) is 0 Å². The first-order valence-electron chi connectivity index (χ1n) is 18.9. The van der Waals surface area contributed by atoms with Crippen LogP contribution >= 0.6 is 7.82 Å². The Bertz CT molecular complexity index is 1140. The molecule has 3 rings (SSSR count). The maximum atomic E-state index is 15.6. The zero-order valence-corrected chi connectivity index (χ0v) is 31.4. The molecule has 0 radical (unpaired) electrons. The van der Waals surface area contributed by atoms with Gasteiger partial charge in [0.05, 0.1) is 0 Å². The van der Waals surface area contributed by atoms with Gasteiger partial charge in [-0.05, 0) is 110 Å². The van der Waals surface area contributed by atoms with Crippen molar-refractivity contribution in [3.63, 3.8) is 0 Å². The van der Waals surface area contributed by atoms with Gasteiger partial charge in [-0.3, -0.25) is 0 Å². The lowest BCUT2D eigenvalue weighted by molar-refractivity contribution is 0.291. The van der Waals surface area contributed by atoms with Gasteiger partial charge in [-0.1, -0.05) is 135 Å². The summed E-state index contributed by atoms with van der Waals surface area (Å²) in [4.78, 5) is 0. The minimum Gasteiger partial charge on any atom is -0.385 e. The first-order valence-corrected chi connectivity index (χ1v) is 20.4. The zero-order chi connectivity index (χ0) is 33.9. The molecular weight excluding hydrogens is 599 g/mol. The van der Waals surface area contributed by atoms with Gasteiger partial charge in [0.2, 0.25) is 0 Å². The molecule has 4 nitrogen and oxygen atoms in total. The van der Waals surface area contributed by atoms with Crippen molar-refractivity contribution in [1.29, 1.82) is 0 Å². The fourth-order valence-electron chi connectivity index (χ4n) is 6.04. The molecule has 47 heavy (non-hydrogen) atoms. The second kappa shape index (κ2) is 21.3. The van der Waals surface area contributed by atoms with Crippen LogP contribution in [0.2, 0.25) is 0 Å². The van der Waals surface area contributed by atoms with Gasteiger partial charge < -0.3 is 13.6 Å². The first-order chi connectivity index (χ1) is 22.9. The molecule has 0 aliphatic rings. The summed E-state index contributed by atoms with van der Waals surface area (Å²) >= 11 is 0. The standard InChI is InChI=1S/C42H63O4P/c1-7-13-22-34-28-19-29-35(23-14-8-2)40(34)44-47(43,45-41-36(24-15-9-3)30-20-31-37(41)25-16-10-4)46-42-38(26-17-11-5)32-21-33-39(42)27-18-12-6/h19-21,28-33H,7-18,22-27H2,1-6H3. The fraction of sp³-hybridized carbons (Fsp3) is 0.571. The Kier molecular flexibility index (Phi) is 17.6. The van der Waals surface area contributed by atoms with E-state index >= 15 is 4.57 Å². The highest BCUT2D eigenvalue weighted by atomic mass is 31.2. The summed E-state index contributed by atoms with van der Waals surface area (Å²) in [7, 11) is -4.24. The summed E-state index contributed by atoms with van der Waals surface area (Å²) in [6, 6.07) is 19.1. The number of para-hydroxylation sites is 3. The molecule has 0 saturated heterocycles. The Morgan fingerprint density at radius 1 is 0.383 bits per heavy atom. The lowest BCUT2D eigenvalue weighted by atomic mass is 10.0. The molecule has 0 aromatic heterocycles. The Labute approximate surface area is 287 Å². The molecule has 3 aromatic rings. The summed E-state index contributed by atoms with van der Waals surface area (Å²) in [6.07, 6.45) is 17.7. The third-order valence-electron chi connectivity index (χ3n) is 8.94. The molecule has 0 bridgehead atoms. The quantitative estimate of drug-likeness (QED) is 0.0896. The molecule has 5 heteroatoms. The molecular formula is C42H63O4P. The second-order valence-electron chi connectivity index (χ2n) is 13.1. The SMILES string of the molecule is CCCCc1cccc(CCCC)c1OP(=O)(Oc1c(CCCC)cccc1CCCC)Oc1c(CCCC)cccc1CCCC. The lowest BCUT2D eigenvalue weighted by Gasteiger charge is -2.26. The van der Waals surface area contributed by atoms with Crippen LogP contribution in [0.25, 0.3) is 0 Å². The topological polar surface area (TPSA) is 44.8 Å². The molecule has 0 unspecified atom stereocenters. The van der Waals surface area contributed by atoms with E-state index in [0.29, 0.717) is 17.2 Å². The van der Waals surface area contributed by atoms with Gasteiger partial charge in [-0.2, -0.15) is 4.57 Å². The molecule has 0 amide bonds. The number of unbranched alkanes of at least 4 members (excludes halogenated alkanes) is 6. The van der Waals surface area contributed by atoms with Crippen molar-refractivity contribution in [3.8, 4) is 17.2 Å². The van der Waals surface area contributed by atoms with E-state index in [1.54, 1.807) is 0 Å². The maximum Gasteiger partial charge on any atom is 0.647 e. The molecule has 0 N–H and O–H groups in total. The molecule has 0 heterocycles. The Hall–Kier alpha value is -2.71. The Balaban J connectivity index is 2.25. The van der Waals surface area contributed by atoms with Crippen LogP contribution in [0, 0.1) is 0 Å². The third kappa shape index (κ3) is 12.0. The van der Waals surface area contributed by atoms with Gasteiger partial charge in [-0.15, -0.1) is 0 Å². The average Bonchev–Trinajstić information content (AvgIpc) is 3.08. The van der Waals surface area contributed by atoms with Crippen molar-refractivity contribution in [3.05, 3.63) is 88.0 Å². The third-order valence-corrected chi connectivity index (χ3v) is 10.2. The van der Waals surface area contributed by atoms with Gasteiger partial charge in [0.15, 0.2) is 0 Å².